The summed E-state index contributed by atoms with van der Waals surface area (Å²) in [4.78, 5) is 18.3. The van der Waals surface area contributed by atoms with Crippen molar-refractivity contribution < 1.29 is 9.18 Å². The molecular weight excluding hydrogens is 259 g/mol. The minimum absolute atomic E-state index is 0.0478. The number of hydrogen-bond acceptors (Lipinski definition) is 3. The molecule has 3 rings (SSSR count). The van der Waals surface area contributed by atoms with Gasteiger partial charge in [-0.3, -0.25) is 9.36 Å². The van der Waals surface area contributed by atoms with Gasteiger partial charge in [0, 0.05) is 31.9 Å². The number of rotatable bonds is 2. The van der Waals surface area contributed by atoms with Crippen LogP contribution in [0.4, 0.5) is 4.39 Å². The van der Waals surface area contributed by atoms with E-state index in [0.717, 1.165) is 18.8 Å². The Kier molecular flexibility index (Phi) is 3.47. The number of carbonyl (C=O) groups excluding carboxylic acids is 1. The SMILES string of the molecule is O=C(c1cncn1-c1ccc(F)cc1)N1CCNCC1. The first kappa shape index (κ1) is 12.8. The molecule has 104 valence electrons. The van der Waals surface area contributed by atoms with E-state index >= 15 is 0 Å². The molecule has 0 aliphatic carbocycles. The van der Waals surface area contributed by atoms with Crippen molar-refractivity contribution in [3.8, 4) is 5.69 Å². The summed E-state index contributed by atoms with van der Waals surface area (Å²) in [5.41, 5.74) is 1.22. The number of piperazine rings is 1. The number of benzene rings is 1. The molecule has 0 saturated carbocycles. The first-order valence-electron chi connectivity index (χ1n) is 6.54. The first-order valence-corrected chi connectivity index (χ1v) is 6.54. The van der Waals surface area contributed by atoms with Crippen molar-refractivity contribution >= 4 is 5.91 Å². The molecule has 0 unspecified atom stereocenters. The minimum atomic E-state index is -0.302. The summed E-state index contributed by atoms with van der Waals surface area (Å²) in [5.74, 6) is -0.350. The number of halogens is 1. The van der Waals surface area contributed by atoms with E-state index < -0.39 is 0 Å². The zero-order valence-electron chi connectivity index (χ0n) is 10.9. The van der Waals surface area contributed by atoms with E-state index in [9.17, 15) is 9.18 Å². The lowest BCUT2D eigenvalue weighted by Crippen LogP contribution is -2.46. The summed E-state index contributed by atoms with van der Waals surface area (Å²) < 4.78 is 14.7. The third-order valence-corrected chi connectivity index (χ3v) is 3.37. The van der Waals surface area contributed by atoms with E-state index in [0.29, 0.717) is 18.8 Å². The van der Waals surface area contributed by atoms with Gasteiger partial charge in [0.15, 0.2) is 0 Å². The molecule has 2 aromatic rings. The maximum absolute atomic E-state index is 13.0. The van der Waals surface area contributed by atoms with Crippen LogP contribution in [-0.4, -0.2) is 46.5 Å². The molecule has 0 spiro atoms. The van der Waals surface area contributed by atoms with Gasteiger partial charge in [0.05, 0.1) is 12.5 Å². The Morgan fingerprint density at radius 2 is 1.90 bits per heavy atom. The van der Waals surface area contributed by atoms with Gasteiger partial charge in [0.2, 0.25) is 0 Å². The Morgan fingerprint density at radius 3 is 2.60 bits per heavy atom. The molecule has 1 aromatic heterocycles. The maximum atomic E-state index is 13.0. The van der Waals surface area contributed by atoms with Gasteiger partial charge in [-0.15, -0.1) is 0 Å². The molecule has 6 heteroatoms. The van der Waals surface area contributed by atoms with Crippen LogP contribution in [0.1, 0.15) is 10.5 Å². The van der Waals surface area contributed by atoms with Crippen LogP contribution < -0.4 is 5.32 Å². The summed E-state index contributed by atoms with van der Waals surface area (Å²) in [5, 5.41) is 3.21. The number of carbonyl (C=O) groups is 1. The zero-order chi connectivity index (χ0) is 13.9. The summed E-state index contributed by atoms with van der Waals surface area (Å²) >= 11 is 0. The van der Waals surface area contributed by atoms with Crippen LogP contribution in [0.2, 0.25) is 0 Å². The van der Waals surface area contributed by atoms with Gasteiger partial charge in [-0.25, -0.2) is 9.37 Å². The highest BCUT2D eigenvalue weighted by atomic mass is 19.1. The van der Waals surface area contributed by atoms with Crippen molar-refractivity contribution in [1.29, 1.82) is 0 Å². The van der Waals surface area contributed by atoms with Crippen LogP contribution in [0, 0.1) is 5.82 Å². The standard InChI is InChI=1S/C14H15FN4O/c15-11-1-3-12(4-2-11)19-10-17-9-13(19)14(20)18-7-5-16-6-8-18/h1-4,9-10,16H,5-8H2. The second-order valence-electron chi connectivity index (χ2n) is 4.67. The molecule has 1 aliphatic rings. The zero-order valence-corrected chi connectivity index (χ0v) is 10.9. The van der Waals surface area contributed by atoms with E-state index in [1.807, 2.05) is 0 Å². The molecule has 1 saturated heterocycles. The van der Waals surface area contributed by atoms with Crippen LogP contribution >= 0.6 is 0 Å². The topological polar surface area (TPSA) is 50.2 Å². The van der Waals surface area contributed by atoms with E-state index in [1.165, 1.54) is 12.1 Å². The maximum Gasteiger partial charge on any atom is 0.272 e. The van der Waals surface area contributed by atoms with Gasteiger partial charge in [-0.1, -0.05) is 0 Å². The number of nitrogens with zero attached hydrogens (tertiary/aromatic N) is 3. The van der Waals surface area contributed by atoms with E-state index in [2.05, 4.69) is 10.3 Å². The average molecular weight is 274 g/mol. The van der Waals surface area contributed by atoms with Crippen molar-refractivity contribution in [2.45, 2.75) is 0 Å². The highest BCUT2D eigenvalue weighted by Crippen LogP contribution is 2.14. The predicted molar refractivity (Wildman–Crippen MR) is 72.3 cm³/mol. The highest BCUT2D eigenvalue weighted by Gasteiger charge is 2.21. The smallest absolute Gasteiger partial charge is 0.272 e. The number of imidazole rings is 1. The van der Waals surface area contributed by atoms with Crippen molar-refractivity contribution in [2.75, 3.05) is 26.2 Å². The molecule has 1 amide bonds. The lowest BCUT2D eigenvalue weighted by atomic mass is 10.2. The highest BCUT2D eigenvalue weighted by molar-refractivity contribution is 5.93. The number of aromatic nitrogens is 2. The Morgan fingerprint density at radius 1 is 1.20 bits per heavy atom. The molecule has 1 aromatic carbocycles. The largest absolute Gasteiger partial charge is 0.335 e. The molecular formula is C14H15FN4O. The fraction of sp³-hybridized carbons (Fsp3) is 0.286. The third kappa shape index (κ3) is 2.42. The molecule has 1 N–H and O–H groups in total. The Bertz CT molecular complexity index is 602. The van der Waals surface area contributed by atoms with Crippen LogP contribution in [-0.2, 0) is 0 Å². The van der Waals surface area contributed by atoms with Gasteiger partial charge in [-0.2, -0.15) is 0 Å². The van der Waals surface area contributed by atoms with Crippen molar-refractivity contribution in [3.05, 3.63) is 48.3 Å². The molecule has 0 atom stereocenters. The normalized spacial score (nSPS) is 15.3. The Hall–Kier alpha value is -2.21. The second kappa shape index (κ2) is 5.42. The monoisotopic (exact) mass is 274 g/mol. The van der Waals surface area contributed by atoms with Gasteiger partial charge >= 0.3 is 0 Å². The molecule has 0 bridgehead atoms. The molecule has 5 nitrogen and oxygen atoms in total. The Labute approximate surface area is 116 Å². The van der Waals surface area contributed by atoms with Gasteiger partial charge in [0.1, 0.15) is 11.5 Å². The van der Waals surface area contributed by atoms with E-state index in [1.54, 1.807) is 34.1 Å². The lowest BCUT2D eigenvalue weighted by Gasteiger charge is -2.27. The lowest BCUT2D eigenvalue weighted by molar-refractivity contribution is 0.0727. The predicted octanol–water partition coefficient (Wildman–Crippen LogP) is 1.06. The second-order valence-corrected chi connectivity index (χ2v) is 4.67. The molecule has 0 radical (unpaired) electrons. The van der Waals surface area contributed by atoms with Crippen molar-refractivity contribution in [2.24, 2.45) is 0 Å². The van der Waals surface area contributed by atoms with Crippen molar-refractivity contribution in [3.63, 3.8) is 0 Å². The van der Waals surface area contributed by atoms with E-state index in [4.69, 9.17) is 0 Å². The molecule has 2 heterocycles. The van der Waals surface area contributed by atoms with Gasteiger partial charge in [0.25, 0.3) is 5.91 Å². The van der Waals surface area contributed by atoms with Crippen molar-refractivity contribution in [1.82, 2.24) is 19.8 Å². The van der Waals surface area contributed by atoms with Crippen LogP contribution in [0.3, 0.4) is 0 Å². The van der Waals surface area contributed by atoms with Crippen LogP contribution in [0.25, 0.3) is 5.69 Å². The minimum Gasteiger partial charge on any atom is -0.335 e. The summed E-state index contributed by atoms with van der Waals surface area (Å²) in [6.45, 7) is 2.98. The molecule has 1 fully saturated rings. The fourth-order valence-corrected chi connectivity index (χ4v) is 2.29. The van der Waals surface area contributed by atoms with Crippen LogP contribution in [0.15, 0.2) is 36.8 Å². The fourth-order valence-electron chi connectivity index (χ4n) is 2.29. The van der Waals surface area contributed by atoms with Gasteiger partial charge in [-0.05, 0) is 24.3 Å². The number of hydrogen-bond donors (Lipinski definition) is 1. The summed E-state index contributed by atoms with van der Waals surface area (Å²) in [6, 6.07) is 6.00. The number of nitrogens with one attached hydrogen (secondary N) is 1. The van der Waals surface area contributed by atoms with Gasteiger partial charge < -0.3 is 10.2 Å². The quantitative estimate of drug-likeness (QED) is 0.891. The van der Waals surface area contributed by atoms with E-state index in [-0.39, 0.29) is 11.7 Å². The first-order chi connectivity index (χ1) is 9.75. The average Bonchev–Trinajstić information content (AvgIpc) is 2.97. The molecule has 1 aliphatic heterocycles. The molecule has 20 heavy (non-hydrogen) atoms. The summed E-state index contributed by atoms with van der Waals surface area (Å²) in [7, 11) is 0. The summed E-state index contributed by atoms with van der Waals surface area (Å²) in [6.07, 6.45) is 3.12. The third-order valence-electron chi connectivity index (χ3n) is 3.37. The number of amides is 1. The van der Waals surface area contributed by atoms with Crippen LogP contribution in [0.5, 0.6) is 0 Å². The Balaban J connectivity index is 1.89.